The van der Waals surface area contributed by atoms with Gasteiger partial charge in [-0.05, 0) is 49.1 Å². The molecule has 27 heavy (non-hydrogen) atoms. The summed E-state index contributed by atoms with van der Waals surface area (Å²) < 4.78 is 0. The number of urea groups is 1. The number of nitrogens with one attached hydrogen (secondary N) is 1. The molecule has 0 aliphatic carbocycles. The van der Waals surface area contributed by atoms with Gasteiger partial charge in [0.25, 0.3) is 0 Å². The summed E-state index contributed by atoms with van der Waals surface area (Å²) in [7, 11) is 1.84. The molecule has 1 atom stereocenters. The van der Waals surface area contributed by atoms with Gasteiger partial charge in [-0.25, -0.2) is 4.79 Å². The van der Waals surface area contributed by atoms with E-state index in [4.69, 9.17) is 17.3 Å². The normalized spacial score (nSPS) is 16.9. The number of nitrogen functional groups attached to an aromatic ring is 1. The third-order valence-electron chi connectivity index (χ3n) is 4.93. The molecule has 1 fully saturated rings. The van der Waals surface area contributed by atoms with E-state index in [-0.39, 0.29) is 12.1 Å². The molecule has 0 spiro atoms. The zero-order valence-electron chi connectivity index (χ0n) is 15.7. The van der Waals surface area contributed by atoms with Crippen molar-refractivity contribution in [1.29, 1.82) is 0 Å². The number of aryl methyl sites for hydroxylation is 1. The minimum Gasteiger partial charge on any atom is -0.382 e. The maximum Gasteiger partial charge on any atom is 0.317 e. The summed E-state index contributed by atoms with van der Waals surface area (Å²) in [5, 5.41) is 11.8. The second-order valence-corrected chi connectivity index (χ2v) is 7.32. The van der Waals surface area contributed by atoms with Gasteiger partial charge < -0.3 is 20.9 Å². The lowest BCUT2D eigenvalue weighted by atomic mass is 10.0. The molecule has 1 aliphatic heterocycles. The Bertz CT molecular complexity index is 797. The van der Waals surface area contributed by atoms with Crippen LogP contribution in [0.25, 0.3) is 0 Å². The predicted octanol–water partition coefficient (Wildman–Crippen LogP) is 2.83. The highest BCUT2D eigenvalue weighted by Crippen LogP contribution is 2.20. The molecular formula is C19H25ClN6O. The molecule has 0 saturated carbocycles. The van der Waals surface area contributed by atoms with E-state index in [1.165, 1.54) is 0 Å². The number of nitrogens with two attached hydrogens (primary N) is 1. The lowest BCUT2D eigenvalue weighted by Gasteiger charge is -2.38. The first kappa shape index (κ1) is 19.2. The first-order chi connectivity index (χ1) is 12.9. The fourth-order valence-electron chi connectivity index (χ4n) is 3.27. The Morgan fingerprint density at radius 1 is 1.37 bits per heavy atom. The molecule has 2 aromatic rings. The number of anilines is 2. The van der Waals surface area contributed by atoms with Crippen LogP contribution in [0.1, 0.15) is 24.0 Å². The summed E-state index contributed by atoms with van der Waals surface area (Å²) in [6.45, 7) is 4.05. The van der Waals surface area contributed by atoms with E-state index in [9.17, 15) is 4.79 Å². The summed E-state index contributed by atoms with van der Waals surface area (Å²) in [4.78, 5) is 16.5. The van der Waals surface area contributed by atoms with Crippen LogP contribution >= 0.6 is 11.6 Å². The van der Waals surface area contributed by atoms with E-state index in [0.29, 0.717) is 12.4 Å². The van der Waals surface area contributed by atoms with Gasteiger partial charge >= 0.3 is 6.03 Å². The van der Waals surface area contributed by atoms with Gasteiger partial charge in [-0.1, -0.05) is 23.7 Å². The molecule has 1 saturated heterocycles. The Morgan fingerprint density at radius 3 is 2.89 bits per heavy atom. The van der Waals surface area contributed by atoms with Crippen molar-refractivity contribution in [1.82, 2.24) is 20.4 Å². The van der Waals surface area contributed by atoms with Crippen molar-refractivity contribution in [3.8, 4) is 0 Å². The Morgan fingerprint density at radius 2 is 2.19 bits per heavy atom. The smallest absolute Gasteiger partial charge is 0.317 e. The van der Waals surface area contributed by atoms with E-state index in [1.807, 2.05) is 38.2 Å². The summed E-state index contributed by atoms with van der Waals surface area (Å²) in [6.07, 6.45) is 1.95. The number of aromatic nitrogens is 2. The van der Waals surface area contributed by atoms with E-state index >= 15 is 0 Å². The highest BCUT2D eigenvalue weighted by Gasteiger charge is 2.26. The molecule has 0 bridgehead atoms. The number of rotatable bonds is 4. The minimum absolute atomic E-state index is 0.0853. The van der Waals surface area contributed by atoms with Crippen LogP contribution in [-0.4, -0.2) is 47.3 Å². The fourth-order valence-corrected chi connectivity index (χ4v) is 3.39. The fraction of sp³-hybridized carbons (Fsp3) is 0.421. The monoisotopic (exact) mass is 388 g/mol. The van der Waals surface area contributed by atoms with Gasteiger partial charge in [0.15, 0.2) is 5.82 Å². The van der Waals surface area contributed by atoms with E-state index in [2.05, 4.69) is 20.4 Å². The highest BCUT2D eigenvalue weighted by molar-refractivity contribution is 6.31. The topological polar surface area (TPSA) is 87.4 Å². The van der Waals surface area contributed by atoms with Crippen LogP contribution < -0.4 is 16.0 Å². The van der Waals surface area contributed by atoms with Gasteiger partial charge in [-0.2, -0.15) is 0 Å². The van der Waals surface area contributed by atoms with Crippen molar-refractivity contribution in [3.63, 3.8) is 0 Å². The zero-order chi connectivity index (χ0) is 19.4. The number of piperidine rings is 1. The van der Waals surface area contributed by atoms with Crippen molar-refractivity contribution < 1.29 is 4.79 Å². The number of hydrogen-bond donors (Lipinski definition) is 2. The maximum absolute atomic E-state index is 12.6. The third kappa shape index (κ3) is 4.80. The molecule has 2 amide bonds. The standard InChI is InChI=1S/C19H25ClN6O/c1-13-10-14(5-6-16(13)20)11-22-19(27)25(2)15-4-3-9-26(12-15)18-8-7-17(21)23-24-18/h5-8,10,15H,3-4,9,11-12H2,1-2H3,(H2,21,23)(H,22,27)/t15-/m1/s1. The summed E-state index contributed by atoms with van der Waals surface area (Å²) in [6, 6.07) is 9.42. The molecule has 0 radical (unpaired) electrons. The van der Waals surface area contributed by atoms with Crippen LogP contribution in [0.4, 0.5) is 16.4 Å². The van der Waals surface area contributed by atoms with Gasteiger partial charge in [0.05, 0.1) is 6.04 Å². The number of likely N-dealkylation sites (N-methyl/N-ethyl adjacent to an activating group) is 1. The van der Waals surface area contributed by atoms with Gasteiger partial charge in [0, 0.05) is 31.7 Å². The van der Waals surface area contributed by atoms with Crippen LogP contribution in [0.5, 0.6) is 0 Å². The van der Waals surface area contributed by atoms with Crippen LogP contribution in [0, 0.1) is 6.92 Å². The lowest BCUT2D eigenvalue weighted by Crippen LogP contribution is -2.51. The third-order valence-corrected chi connectivity index (χ3v) is 5.35. The van der Waals surface area contributed by atoms with Gasteiger partial charge in [-0.15, -0.1) is 10.2 Å². The predicted molar refractivity (Wildman–Crippen MR) is 108 cm³/mol. The molecule has 0 unspecified atom stereocenters. The molecule has 8 heteroatoms. The highest BCUT2D eigenvalue weighted by atomic mass is 35.5. The second kappa shape index (κ2) is 8.43. The lowest BCUT2D eigenvalue weighted by molar-refractivity contribution is 0.182. The average molecular weight is 389 g/mol. The number of halogens is 1. The van der Waals surface area contributed by atoms with Crippen LogP contribution in [0.3, 0.4) is 0 Å². The zero-order valence-corrected chi connectivity index (χ0v) is 16.4. The van der Waals surface area contributed by atoms with Crippen molar-refractivity contribution in [2.45, 2.75) is 32.4 Å². The number of benzene rings is 1. The molecule has 3 rings (SSSR count). The Balaban J connectivity index is 1.57. The van der Waals surface area contributed by atoms with Crippen LogP contribution in [0.15, 0.2) is 30.3 Å². The Hall–Kier alpha value is -2.54. The number of carbonyl (C=O) groups is 1. The van der Waals surface area contributed by atoms with Crippen LogP contribution in [0.2, 0.25) is 5.02 Å². The second-order valence-electron chi connectivity index (χ2n) is 6.91. The number of nitrogens with zero attached hydrogens (tertiary/aromatic N) is 4. The number of carbonyl (C=O) groups excluding carboxylic acids is 1. The Kier molecular flexibility index (Phi) is 6.01. The van der Waals surface area contributed by atoms with Gasteiger partial charge in [-0.3, -0.25) is 0 Å². The molecule has 3 N–H and O–H groups in total. The molecule has 1 aliphatic rings. The van der Waals surface area contributed by atoms with E-state index < -0.39 is 0 Å². The van der Waals surface area contributed by atoms with E-state index in [0.717, 1.165) is 47.9 Å². The molecule has 7 nitrogen and oxygen atoms in total. The molecule has 2 heterocycles. The van der Waals surface area contributed by atoms with Crippen molar-refractivity contribution >= 4 is 29.3 Å². The summed E-state index contributed by atoms with van der Waals surface area (Å²) in [5.41, 5.74) is 7.64. The van der Waals surface area contributed by atoms with Gasteiger partial charge in [0.1, 0.15) is 5.82 Å². The first-order valence-corrected chi connectivity index (χ1v) is 9.41. The molecule has 1 aromatic heterocycles. The first-order valence-electron chi connectivity index (χ1n) is 9.04. The summed E-state index contributed by atoms with van der Waals surface area (Å²) >= 11 is 6.05. The average Bonchev–Trinajstić information content (AvgIpc) is 2.68. The molecule has 1 aromatic carbocycles. The summed E-state index contributed by atoms with van der Waals surface area (Å²) in [5.74, 6) is 1.19. The molecular weight excluding hydrogens is 364 g/mol. The quantitative estimate of drug-likeness (QED) is 0.840. The number of amides is 2. The van der Waals surface area contributed by atoms with Crippen LogP contribution in [-0.2, 0) is 6.54 Å². The van der Waals surface area contributed by atoms with Crippen molar-refractivity contribution in [3.05, 3.63) is 46.5 Å². The SMILES string of the molecule is Cc1cc(CNC(=O)N(C)[C@@H]2CCCN(c3ccc(N)nn3)C2)ccc1Cl. The van der Waals surface area contributed by atoms with E-state index in [1.54, 1.807) is 11.0 Å². The minimum atomic E-state index is -0.0853. The molecule has 144 valence electrons. The Labute approximate surface area is 164 Å². The van der Waals surface area contributed by atoms with Crippen molar-refractivity contribution in [2.24, 2.45) is 0 Å². The maximum atomic E-state index is 12.6. The largest absolute Gasteiger partial charge is 0.382 e. The van der Waals surface area contributed by atoms with Crippen molar-refractivity contribution in [2.75, 3.05) is 30.8 Å². The number of hydrogen-bond acceptors (Lipinski definition) is 5. The van der Waals surface area contributed by atoms with Gasteiger partial charge in [0.2, 0.25) is 0 Å².